The minimum absolute atomic E-state index is 0.227. The Bertz CT molecular complexity index is 689. The van der Waals surface area contributed by atoms with Crippen LogP contribution < -0.4 is 21.3 Å². The van der Waals surface area contributed by atoms with E-state index in [1.165, 1.54) is 0 Å². The number of anilines is 3. The number of amides is 2. The van der Waals surface area contributed by atoms with Gasteiger partial charge >= 0.3 is 6.03 Å². The number of aryl methyl sites for hydroxylation is 2. The van der Waals surface area contributed by atoms with Crippen LogP contribution in [0.2, 0.25) is 0 Å². The first-order valence-corrected chi connectivity index (χ1v) is 8.02. The second kappa shape index (κ2) is 8.71. The molecule has 128 valence electrons. The van der Waals surface area contributed by atoms with Crippen molar-refractivity contribution in [2.24, 2.45) is 0 Å². The molecule has 0 atom stereocenters. The van der Waals surface area contributed by atoms with E-state index in [-0.39, 0.29) is 6.03 Å². The van der Waals surface area contributed by atoms with Gasteiger partial charge in [0.2, 0.25) is 5.95 Å². The van der Waals surface area contributed by atoms with Crippen LogP contribution in [0.4, 0.5) is 22.2 Å². The average molecular weight is 328 g/mol. The lowest BCUT2D eigenvalue weighted by Gasteiger charge is -2.10. The third-order valence-corrected chi connectivity index (χ3v) is 3.18. The molecule has 7 nitrogen and oxygen atoms in total. The van der Waals surface area contributed by atoms with E-state index in [1.54, 1.807) is 0 Å². The topological polar surface area (TPSA) is 91.0 Å². The lowest BCUT2D eigenvalue weighted by Crippen LogP contribution is -2.32. The zero-order valence-corrected chi connectivity index (χ0v) is 14.3. The van der Waals surface area contributed by atoms with Gasteiger partial charge in [0.15, 0.2) is 0 Å². The van der Waals surface area contributed by atoms with Crippen LogP contribution in [0.15, 0.2) is 30.3 Å². The van der Waals surface area contributed by atoms with Crippen LogP contribution in [0.3, 0.4) is 0 Å². The molecule has 7 heteroatoms. The second-order valence-electron chi connectivity index (χ2n) is 5.43. The normalized spacial score (nSPS) is 10.1. The van der Waals surface area contributed by atoms with Gasteiger partial charge < -0.3 is 21.3 Å². The largest absolute Gasteiger partial charge is 0.368 e. The number of aromatic nitrogens is 2. The minimum atomic E-state index is -0.227. The van der Waals surface area contributed by atoms with Gasteiger partial charge in [-0.2, -0.15) is 4.98 Å². The summed E-state index contributed by atoms with van der Waals surface area (Å²) >= 11 is 0. The summed E-state index contributed by atoms with van der Waals surface area (Å²) in [5, 5.41) is 11.9. The zero-order chi connectivity index (χ0) is 17.4. The van der Waals surface area contributed by atoms with Crippen molar-refractivity contribution >= 4 is 23.5 Å². The van der Waals surface area contributed by atoms with Crippen molar-refractivity contribution in [2.45, 2.75) is 20.8 Å². The van der Waals surface area contributed by atoms with Crippen molar-refractivity contribution in [1.29, 1.82) is 0 Å². The Kier molecular flexibility index (Phi) is 6.36. The van der Waals surface area contributed by atoms with E-state index in [0.29, 0.717) is 19.0 Å². The number of carbonyl (C=O) groups is 1. The van der Waals surface area contributed by atoms with Gasteiger partial charge in [-0.3, -0.25) is 0 Å². The molecular weight excluding hydrogens is 304 g/mol. The van der Waals surface area contributed by atoms with Crippen LogP contribution in [0.25, 0.3) is 0 Å². The average Bonchev–Trinajstić information content (AvgIpc) is 2.51. The quantitative estimate of drug-likeness (QED) is 0.587. The third-order valence-electron chi connectivity index (χ3n) is 3.18. The lowest BCUT2D eigenvalue weighted by molar-refractivity contribution is 0.252. The number of carbonyl (C=O) groups excluding carboxylic acids is 1. The number of nitrogens with one attached hydrogen (secondary N) is 4. The number of benzene rings is 1. The van der Waals surface area contributed by atoms with Crippen LogP contribution in [-0.4, -0.2) is 35.6 Å². The maximum Gasteiger partial charge on any atom is 0.319 e. The van der Waals surface area contributed by atoms with Crippen molar-refractivity contribution in [3.05, 3.63) is 41.6 Å². The van der Waals surface area contributed by atoms with E-state index >= 15 is 0 Å². The summed E-state index contributed by atoms with van der Waals surface area (Å²) in [4.78, 5) is 20.5. The molecule has 1 aromatic carbocycles. The maximum absolute atomic E-state index is 11.8. The summed E-state index contributed by atoms with van der Waals surface area (Å²) in [7, 11) is 0. The highest BCUT2D eigenvalue weighted by Gasteiger charge is 2.03. The van der Waals surface area contributed by atoms with Crippen LogP contribution in [0.1, 0.15) is 18.2 Å². The Labute approximate surface area is 142 Å². The Balaban J connectivity index is 1.75. The maximum atomic E-state index is 11.8. The van der Waals surface area contributed by atoms with Gasteiger partial charge in [-0.25, -0.2) is 9.78 Å². The van der Waals surface area contributed by atoms with Crippen molar-refractivity contribution in [2.75, 3.05) is 35.6 Å². The summed E-state index contributed by atoms with van der Waals surface area (Å²) in [5.41, 5.74) is 2.76. The molecule has 0 radical (unpaired) electrons. The fraction of sp³-hybridized carbons (Fsp3) is 0.353. The highest BCUT2D eigenvalue weighted by Crippen LogP contribution is 2.10. The van der Waals surface area contributed by atoms with Crippen LogP contribution >= 0.6 is 0 Å². The number of hydrogen-bond donors (Lipinski definition) is 4. The molecule has 0 aliphatic carbocycles. The van der Waals surface area contributed by atoms with Gasteiger partial charge in [0.05, 0.1) is 0 Å². The molecule has 1 heterocycles. The Hall–Kier alpha value is -2.83. The lowest BCUT2D eigenvalue weighted by atomic mass is 10.2. The molecule has 1 aromatic heterocycles. The van der Waals surface area contributed by atoms with E-state index < -0.39 is 0 Å². The third kappa shape index (κ3) is 5.75. The Morgan fingerprint density at radius 3 is 2.67 bits per heavy atom. The molecule has 24 heavy (non-hydrogen) atoms. The zero-order valence-electron chi connectivity index (χ0n) is 14.3. The summed E-state index contributed by atoms with van der Waals surface area (Å²) < 4.78 is 0. The van der Waals surface area contributed by atoms with E-state index in [1.807, 2.05) is 51.1 Å². The van der Waals surface area contributed by atoms with Crippen LogP contribution in [0.5, 0.6) is 0 Å². The van der Waals surface area contributed by atoms with E-state index in [4.69, 9.17) is 0 Å². The van der Waals surface area contributed by atoms with Gasteiger partial charge in [-0.1, -0.05) is 12.1 Å². The van der Waals surface area contributed by atoms with Crippen molar-refractivity contribution in [1.82, 2.24) is 15.3 Å². The molecule has 0 saturated carbocycles. The molecule has 0 fully saturated rings. The smallest absolute Gasteiger partial charge is 0.319 e. The molecule has 0 aliphatic heterocycles. The molecule has 0 unspecified atom stereocenters. The number of nitrogens with zero attached hydrogens (tertiary/aromatic N) is 2. The monoisotopic (exact) mass is 328 g/mol. The van der Waals surface area contributed by atoms with Crippen LogP contribution in [-0.2, 0) is 0 Å². The van der Waals surface area contributed by atoms with Gasteiger partial charge in [-0.15, -0.1) is 0 Å². The van der Waals surface area contributed by atoms with Crippen molar-refractivity contribution < 1.29 is 4.79 Å². The predicted octanol–water partition coefficient (Wildman–Crippen LogP) is 2.76. The molecule has 0 aliphatic rings. The predicted molar refractivity (Wildman–Crippen MR) is 97.6 cm³/mol. The SMILES string of the molecule is CCNc1nc(C)cc(NCCNC(=O)Nc2cccc(C)c2)n1. The first-order valence-electron chi connectivity index (χ1n) is 8.02. The van der Waals surface area contributed by atoms with Gasteiger partial charge in [-0.05, 0) is 38.5 Å². The molecule has 0 spiro atoms. The summed E-state index contributed by atoms with van der Waals surface area (Å²) in [6, 6.07) is 9.31. The molecule has 0 bridgehead atoms. The fourth-order valence-corrected chi connectivity index (χ4v) is 2.16. The highest BCUT2D eigenvalue weighted by molar-refractivity contribution is 5.89. The molecule has 4 N–H and O–H groups in total. The summed E-state index contributed by atoms with van der Waals surface area (Å²) in [5.74, 6) is 1.34. The Morgan fingerprint density at radius 2 is 1.92 bits per heavy atom. The van der Waals surface area contributed by atoms with Crippen LogP contribution in [0, 0.1) is 13.8 Å². The molecular formula is C17H24N6O. The fourth-order valence-electron chi connectivity index (χ4n) is 2.16. The molecule has 2 amide bonds. The summed E-state index contributed by atoms with van der Waals surface area (Å²) in [6.45, 7) is 7.72. The number of urea groups is 1. The van der Waals surface area contributed by atoms with Gasteiger partial charge in [0.1, 0.15) is 5.82 Å². The standard InChI is InChI=1S/C17H24N6O/c1-4-18-16-21-13(3)11-15(23-16)19-8-9-20-17(24)22-14-7-5-6-12(2)10-14/h5-7,10-11H,4,8-9H2,1-3H3,(H2,20,22,24)(H2,18,19,21,23). The first-order chi connectivity index (χ1) is 11.6. The Morgan fingerprint density at radius 1 is 1.08 bits per heavy atom. The minimum Gasteiger partial charge on any atom is -0.368 e. The highest BCUT2D eigenvalue weighted by atomic mass is 16.2. The van der Waals surface area contributed by atoms with E-state index in [2.05, 4.69) is 31.2 Å². The van der Waals surface area contributed by atoms with E-state index in [9.17, 15) is 4.79 Å². The van der Waals surface area contributed by atoms with Gasteiger partial charge in [0.25, 0.3) is 0 Å². The van der Waals surface area contributed by atoms with E-state index in [0.717, 1.165) is 29.3 Å². The van der Waals surface area contributed by atoms with Gasteiger partial charge in [0, 0.05) is 37.1 Å². The number of rotatable bonds is 7. The molecule has 2 aromatic rings. The van der Waals surface area contributed by atoms with Crippen molar-refractivity contribution in [3.63, 3.8) is 0 Å². The summed E-state index contributed by atoms with van der Waals surface area (Å²) in [6.07, 6.45) is 0. The van der Waals surface area contributed by atoms with Crippen molar-refractivity contribution in [3.8, 4) is 0 Å². The molecule has 2 rings (SSSR count). The first kappa shape index (κ1) is 17.5. The second-order valence-corrected chi connectivity index (χ2v) is 5.43. The number of hydrogen-bond acceptors (Lipinski definition) is 5. The molecule has 0 saturated heterocycles.